The number of nitrogens with one attached hydrogen (secondary N) is 1. The quantitative estimate of drug-likeness (QED) is 0.578. The number of carbonyl (C=O) groups is 1. The zero-order valence-corrected chi connectivity index (χ0v) is 22.3. The summed E-state index contributed by atoms with van der Waals surface area (Å²) in [5, 5.41) is 19.8. The van der Waals surface area contributed by atoms with E-state index in [2.05, 4.69) is 56.7 Å². The Morgan fingerprint density at radius 1 is 1.11 bits per heavy atom. The molecule has 1 aromatic carbocycles. The molecule has 2 heterocycles. The van der Waals surface area contributed by atoms with Crippen LogP contribution in [0.25, 0.3) is 0 Å². The van der Waals surface area contributed by atoms with Crippen molar-refractivity contribution in [2.45, 2.75) is 65.0 Å². The normalized spacial score (nSPS) is 20.6. The molecular formula is C26H41FN4O5. The van der Waals surface area contributed by atoms with E-state index in [1.807, 2.05) is 6.07 Å². The number of rotatable bonds is 7. The number of ether oxygens (including phenoxy) is 3. The summed E-state index contributed by atoms with van der Waals surface area (Å²) in [4.78, 5) is 15.0. The maximum Gasteiger partial charge on any atom is 0.404 e. The molecule has 0 aromatic heterocycles. The van der Waals surface area contributed by atoms with Gasteiger partial charge in [-0.05, 0) is 59.7 Å². The lowest BCUT2D eigenvalue weighted by molar-refractivity contribution is -0.138. The van der Waals surface area contributed by atoms with Gasteiger partial charge in [-0.1, -0.05) is 0 Å². The molecule has 0 spiro atoms. The fraction of sp³-hybridized carbons (Fsp3) is 0.692. The van der Waals surface area contributed by atoms with Crippen LogP contribution in [-0.4, -0.2) is 96.8 Å². The van der Waals surface area contributed by atoms with E-state index in [4.69, 9.17) is 24.6 Å². The monoisotopic (exact) mass is 508 g/mol. The van der Waals surface area contributed by atoms with Gasteiger partial charge in [0.1, 0.15) is 6.61 Å². The van der Waals surface area contributed by atoms with E-state index in [1.54, 1.807) is 0 Å². The third-order valence-corrected chi connectivity index (χ3v) is 5.27. The summed E-state index contributed by atoms with van der Waals surface area (Å²) in [5.74, 6) is -0.377. The van der Waals surface area contributed by atoms with E-state index in [0.29, 0.717) is 26.2 Å². The highest BCUT2D eigenvalue weighted by Crippen LogP contribution is 2.21. The second kappa shape index (κ2) is 13.2. The Labute approximate surface area is 214 Å². The molecule has 2 N–H and O–H groups in total. The molecule has 2 aliphatic rings. The first-order valence-corrected chi connectivity index (χ1v) is 12.3. The highest BCUT2D eigenvalue weighted by atomic mass is 19.1. The van der Waals surface area contributed by atoms with Crippen LogP contribution >= 0.6 is 0 Å². The maximum atomic E-state index is 13.8. The molecule has 9 nitrogen and oxygen atoms in total. The standard InChI is InChI=1S/C18H23FN4O4.C8H18O/c19-16-7-13(8-20)1-2-17(16)26-6-5-23-11-14-9-22(4-3-21-18(24)25)10-15(12-23)27-14;1-7(2,3)9-8(4,5)6/h1-2,7,14-15,21H,3-6,9-12H2,(H,24,25);1-6H3. The third kappa shape index (κ3) is 11.5. The first-order chi connectivity index (χ1) is 16.7. The zero-order chi connectivity index (χ0) is 26.9. The number of nitrogens with zero attached hydrogens (tertiary/aromatic N) is 3. The minimum atomic E-state index is -1.01. The molecule has 1 aromatic rings. The van der Waals surface area contributed by atoms with Gasteiger partial charge in [0, 0.05) is 45.8 Å². The average molecular weight is 509 g/mol. The molecule has 2 fully saturated rings. The second-order valence-corrected chi connectivity index (χ2v) is 11.1. The summed E-state index contributed by atoms with van der Waals surface area (Å²) in [6.45, 7) is 17.6. The Balaban J connectivity index is 0.000000434. The van der Waals surface area contributed by atoms with Crippen molar-refractivity contribution in [2.24, 2.45) is 0 Å². The summed E-state index contributed by atoms with van der Waals surface area (Å²) in [7, 11) is 0. The Hall–Kier alpha value is -2.45. The molecule has 2 saturated heterocycles. The van der Waals surface area contributed by atoms with Gasteiger partial charge in [0.25, 0.3) is 0 Å². The van der Waals surface area contributed by atoms with Gasteiger partial charge in [-0.2, -0.15) is 5.26 Å². The first kappa shape index (κ1) is 29.8. The molecule has 0 aliphatic carbocycles. The van der Waals surface area contributed by atoms with Gasteiger partial charge in [0.15, 0.2) is 11.6 Å². The lowest BCUT2D eigenvalue weighted by Gasteiger charge is -2.45. The number of nitriles is 1. The van der Waals surface area contributed by atoms with Crippen LogP contribution in [0.3, 0.4) is 0 Å². The van der Waals surface area contributed by atoms with Crippen molar-refractivity contribution in [1.29, 1.82) is 5.26 Å². The molecule has 3 rings (SSSR count). The summed E-state index contributed by atoms with van der Waals surface area (Å²) in [5.41, 5.74) is 0.236. The smallest absolute Gasteiger partial charge is 0.404 e. The SMILES string of the molecule is CC(C)(C)OC(C)(C)C.N#Cc1ccc(OCCN2CC3CN(CCNC(=O)O)CC(C2)O3)c(F)c1. The van der Waals surface area contributed by atoms with Gasteiger partial charge in [0.05, 0.1) is 35.0 Å². The van der Waals surface area contributed by atoms with Crippen LogP contribution in [0.1, 0.15) is 47.1 Å². The fourth-order valence-corrected chi connectivity index (χ4v) is 4.44. The summed E-state index contributed by atoms with van der Waals surface area (Å²) < 4.78 is 30.9. The summed E-state index contributed by atoms with van der Waals surface area (Å²) >= 11 is 0. The fourth-order valence-electron chi connectivity index (χ4n) is 4.44. The van der Waals surface area contributed by atoms with E-state index >= 15 is 0 Å². The molecule has 2 bridgehead atoms. The molecule has 2 unspecified atom stereocenters. The van der Waals surface area contributed by atoms with Gasteiger partial charge >= 0.3 is 6.09 Å². The number of benzene rings is 1. The highest BCUT2D eigenvalue weighted by molar-refractivity contribution is 5.64. The van der Waals surface area contributed by atoms with E-state index in [0.717, 1.165) is 26.2 Å². The van der Waals surface area contributed by atoms with Crippen LogP contribution in [-0.2, 0) is 9.47 Å². The van der Waals surface area contributed by atoms with Crippen molar-refractivity contribution in [3.8, 4) is 11.8 Å². The molecule has 2 aliphatic heterocycles. The molecule has 10 heteroatoms. The van der Waals surface area contributed by atoms with Crippen molar-refractivity contribution >= 4 is 6.09 Å². The molecule has 0 radical (unpaired) electrons. The van der Waals surface area contributed by atoms with Gasteiger partial charge in [-0.15, -0.1) is 0 Å². The minimum Gasteiger partial charge on any atom is -0.489 e. The highest BCUT2D eigenvalue weighted by Gasteiger charge is 2.34. The van der Waals surface area contributed by atoms with Crippen molar-refractivity contribution < 1.29 is 28.5 Å². The number of amides is 1. The largest absolute Gasteiger partial charge is 0.489 e. The topological polar surface area (TPSA) is 107 Å². The number of hydrogen-bond donors (Lipinski definition) is 2. The Kier molecular flexibility index (Phi) is 10.9. The van der Waals surface area contributed by atoms with Gasteiger partial charge in [-0.25, -0.2) is 9.18 Å². The summed E-state index contributed by atoms with van der Waals surface area (Å²) in [6.07, 6.45) is -0.851. The van der Waals surface area contributed by atoms with E-state index in [9.17, 15) is 9.18 Å². The van der Waals surface area contributed by atoms with Crippen molar-refractivity contribution in [3.05, 3.63) is 29.6 Å². The number of fused-ring (bicyclic) bond motifs is 2. The first-order valence-electron chi connectivity index (χ1n) is 12.3. The van der Waals surface area contributed by atoms with Crippen LogP contribution in [0.5, 0.6) is 5.75 Å². The van der Waals surface area contributed by atoms with Crippen LogP contribution in [0.2, 0.25) is 0 Å². The van der Waals surface area contributed by atoms with E-state index in [1.165, 1.54) is 18.2 Å². The number of carboxylic acid groups (broad SMARTS) is 1. The van der Waals surface area contributed by atoms with E-state index < -0.39 is 11.9 Å². The molecular weight excluding hydrogens is 467 g/mol. The Morgan fingerprint density at radius 2 is 1.67 bits per heavy atom. The molecule has 2 atom stereocenters. The number of halogens is 1. The third-order valence-electron chi connectivity index (χ3n) is 5.27. The lowest BCUT2D eigenvalue weighted by atomic mass is 10.1. The zero-order valence-electron chi connectivity index (χ0n) is 22.3. The van der Waals surface area contributed by atoms with Crippen LogP contribution in [0.15, 0.2) is 18.2 Å². The second-order valence-electron chi connectivity index (χ2n) is 11.1. The number of morpholine rings is 2. The maximum absolute atomic E-state index is 13.8. The Bertz CT molecular complexity index is 868. The molecule has 0 saturated carbocycles. The molecule has 1 amide bonds. The number of hydrogen-bond acceptors (Lipinski definition) is 7. The summed E-state index contributed by atoms with van der Waals surface area (Å²) in [6, 6.07) is 6.07. The van der Waals surface area contributed by atoms with Crippen LogP contribution in [0, 0.1) is 17.1 Å². The molecule has 202 valence electrons. The van der Waals surface area contributed by atoms with E-state index in [-0.39, 0.29) is 34.7 Å². The van der Waals surface area contributed by atoms with Crippen molar-refractivity contribution in [2.75, 3.05) is 52.4 Å². The van der Waals surface area contributed by atoms with Gasteiger partial charge in [-0.3, -0.25) is 9.80 Å². The van der Waals surface area contributed by atoms with Crippen molar-refractivity contribution in [3.63, 3.8) is 0 Å². The van der Waals surface area contributed by atoms with Crippen LogP contribution in [0.4, 0.5) is 9.18 Å². The van der Waals surface area contributed by atoms with Crippen LogP contribution < -0.4 is 10.1 Å². The van der Waals surface area contributed by atoms with Gasteiger partial charge < -0.3 is 24.6 Å². The Morgan fingerprint density at radius 3 is 2.11 bits per heavy atom. The predicted octanol–water partition coefficient (Wildman–Crippen LogP) is 3.33. The molecule has 36 heavy (non-hydrogen) atoms. The predicted molar refractivity (Wildman–Crippen MR) is 135 cm³/mol. The van der Waals surface area contributed by atoms with Crippen molar-refractivity contribution in [1.82, 2.24) is 15.1 Å². The average Bonchev–Trinajstić information content (AvgIpc) is 2.72. The minimum absolute atomic E-state index is 0.0156. The van der Waals surface area contributed by atoms with Gasteiger partial charge in [0.2, 0.25) is 0 Å². The lowest BCUT2D eigenvalue weighted by Crippen LogP contribution is -2.60.